The third kappa shape index (κ3) is 6.15. The van der Waals surface area contributed by atoms with E-state index in [1.165, 1.54) is 12.1 Å². The van der Waals surface area contributed by atoms with Crippen LogP contribution in [0.4, 0.5) is 4.39 Å². The van der Waals surface area contributed by atoms with Gasteiger partial charge in [0.1, 0.15) is 11.6 Å². The quantitative estimate of drug-likeness (QED) is 0.442. The highest BCUT2D eigenvalue weighted by molar-refractivity contribution is 5.43. The van der Waals surface area contributed by atoms with Crippen molar-refractivity contribution < 1.29 is 14.2 Å². The maximum absolute atomic E-state index is 13.8. The van der Waals surface area contributed by atoms with Gasteiger partial charge in [-0.05, 0) is 50.6 Å². The number of halogens is 1. The van der Waals surface area contributed by atoms with Crippen molar-refractivity contribution in [1.82, 2.24) is 14.7 Å². The Morgan fingerprint density at radius 3 is 2.55 bits per heavy atom. The molecule has 1 N–H and O–H groups in total. The molecule has 0 aliphatic carbocycles. The molecule has 0 fully saturated rings. The monoisotopic (exact) mass is 425 g/mol. The van der Waals surface area contributed by atoms with Crippen LogP contribution >= 0.6 is 0 Å². The summed E-state index contributed by atoms with van der Waals surface area (Å²) in [6, 6.07) is 15.9. The van der Waals surface area contributed by atoms with Gasteiger partial charge < -0.3 is 9.84 Å². The molecular weight excluding hydrogens is 393 g/mol. The first-order chi connectivity index (χ1) is 15.0. The van der Waals surface area contributed by atoms with Gasteiger partial charge in [0.25, 0.3) is 0 Å². The Kier molecular flexibility index (Phi) is 8.20. The molecular formula is C25H32FN3O2. The molecule has 0 aliphatic heterocycles. The van der Waals surface area contributed by atoms with Gasteiger partial charge in [0, 0.05) is 19.2 Å². The summed E-state index contributed by atoms with van der Waals surface area (Å²) in [5.74, 6) is 0.642. The maximum Gasteiger partial charge on any atom is 0.227 e. The van der Waals surface area contributed by atoms with Crippen LogP contribution in [0.2, 0.25) is 0 Å². The first kappa shape index (κ1) is 23.0. The molecule has 5 nitrogen and oxygen atoms in total. The highest BCUT2D eigenvalue weighted by Gasteiger charge is 2.22. The summed E-state index contributed by atoms with van der Waals surface area (Å²) < 4.78 is 21.8. The fourth-order valence-electron chi connectivity index (χ4n) is 3.71. The number of aryl methyl sites for hydroxylation is 1. The van der Waals surface area contributed by atoms with Crippen LogP contribution < -0.4 is 4.74 Å². The van der Waals surface area contributed by atoms with Crippen molar-refractivity contribution in [2.24, 2.45) is 0 Å². The van der Waals surface area contributed by atoms with Crippen molar-refractivity contribution >= 4 is 0 Å². The lowest BCUT2D eigenvalue weighted by Crippen LogP contribution is -2.33. The number of hydrogen-bond acceptors (Lipinski definition) is 4. The van der Waals surface area contributed by atoms with Crippen molar-refractivity contribution in [3.8, 4) is 17.3 Å². The Morgan fingerprint density at radius 2 is 1.87 bits per heavy atom. The number of benzene rings is 2. The molecule has 2 aromatic carbocycles. The molecule has 6 heteroatoms. The summed E-state index contributed by atoms with van der Waals surface area (Å²) in [7, 11) is 0. The molecule has 166 valence electrons. The molecule has 3 aromatic rings. The van der Waals surface area contributed by atoms with Gasteiger partial charge >= 0.3 is 0 Å². The van der Waals surface area contributed by atoms with Gasteiger partial charge in [0.05, 0.1) is 23.0 Å². The van der Waals surface area contributed by atoms with E-state index < -0.39 is 0 Å². The predicted molar refractivity (Wildman–Crippen MR) is 121 cm³/mol. The zero-order chi connectivity index (χ0) is 22.2. The van der Waals surface area contributed by atoms with E-state index >= 15 is 0 Å². The lowest BCUT2D eigenvalue weighted by atomic mass is 10.1. The summed E-state index contributed by atoms with van der Waals surface area (Å²) in [6.45, 7) is 8.21. The average Bonchev–Trinajstić information content (AvgIpc) is 3.04. The van der Waals surface area contributed by atoms with Crippen LogP contribution in [-0.2, 0) is 6.54 Å². The van der Waals surface area contributed by atoms with Gasteiger partial charge in [-0.25, -0.2) is 9.07 Å². The third-order valence-electron chi connectivity index (χ3n) is 5.16. The molecule has 0 radical (unpaired) electrons. The van der Waals surface area contributed by atoms with Crippen LogP contribution in [0, 0.1) is 12.7 Å². The molecule has 0 bridgehead atoms. The lowest BCUT2D eigenvalue weighted by molar-refractivity contribution is 0.100. The standard InChI is InChI=1S/C25H32FN3O2/c1-4-10-22(30)17-28(15-5-2)18-24-19(3)27-29(21-12-7-6-8-13-21)25(24)31-23-14-9-11-20(26)16-23/h6-9,11-14,16,22,30H,4-5,10,15,17-18H2,1-3H3. The molecule has 1 aromatic heterocycles. The van der Waals surface area contributed by atoms with E-state index in [9.17, 15) is 9.50 Å². The highest BCUT2D eigenvalue weighted by Crippen LogP contribution is 2.32. The summed E-state index contributed by atoms with van der Waals surface area (Å²) >= 11 is 0. The summed E-state index contributed by atoms with van der Waals surface area (Å²) in [6.07, 6.45) is 2.33. The van der Waals surface area contributed by atoms with Gasteiger partial charge in [-0.3, -0.25) is 4.90 Å². The molecule has 0 saturated carbocycles. The summed E-state index contributed by atoms with van der Waals surface area (Å²) in [5.41, 5.74) is 2.66. The number of ether oxygens (including phenoxy) is 1. The van der Waals surface area contributed by atoms with Crippen LogP contribution in [0.15, 0.2) is 54.6 Å². The van der Waals surface area contributed by atoms with E-state index in [1.807, 2.05) is 37.3 Å². The number of aliphatic hydroxyl groups is 1. The van der Waals surface area contributed by atoms with E-state index in [0.29, 0.717) is 24.7 Å². The molecule has 1 unspecified atom stereocenters. The average molecular weight is 426 g/mol. The number of para-hydroxylation sites is 1. The summed E-state index contributed by atoms with van der Waals surface area (Å²) in [5, 5.41) is 15.1. The first-order valence-corrected chi connectivity index (χ1v) is 11.0. The second-order valence-corrected chi connectivity index (χ2v) is 7.85. The van der Waals surface area contributed by atoms with E-state index in [0.717, 1.165) is 42.8 Å². The second kappa shape index (κ2) is 11.1. The zero-order valence-electron chi connectivity index (χ0n) is 18.6. The van der Waals surface area contributed by atoms with Gasteiger partial charge in [-0.15, -0.1) is 0 Å². The Morgan fingerprint density at radius 1 is 1.10 bits per heavy atom. The molecule has 0 spiro atoms. The van der Waals surface area contributed by atoms with E-state index in [1.54, 1.807) is 16.8 Å². The largest absolute Gasteiger partial charge is 0.438 e. The first-order valence-electron chi connectivity index (χ1n) is 11.0. The molecule has 0 amide bonds. The van der Waals surface area contributed by atoms with Crippen LogP contribution in [0.1, 0.15) is 44.4 Å². The maximum atomic E-state index is 13.8. The molecule has 0 saturated heterocycles. The predicted octanol–water partition coefficient (Wildman–Crippen LogP) is 5.49. The van der Waals surface area contributed by atoms with Crippen molar-refractivity contribution in [2.75, 3.05) is 13.1 Å². The molecule has 31 heavy (non-hydrogen) atoms. The number of nitrogens with zero attached hydrogens (tertiary/aromatic N) is 3. The Labute approximate surface area is 184 Å². The fraction of sp³-hybridized carbons (Fsp3) is 0.400. The topological polar surface area (TPSA) is 50.5 Å². The molecule has 3 rings (SSSR count). The van der Waals surface area contributed by atoms with Crippen molar-refractivity contribution in [1.29, 1.82) is 0 Å². The zero-order valence-corrected chi connectivity index (χ0v) is 18.6. The smallest absolute Gasteiger partial charge is 0.227 e. The van der Waals surface area contributed by atoms with E-state index in [-0.39, 0.29) is 11.9 Å². The number of rotatable bonds is 11. The highest BCUT2D eigenvalue weighted by atomic mass is 19.1. The number of hydrogen-bond donors (Lipinski definition) is 1. The molecule has 0 aliphatic rings. The number of aromatic nitrogens is 2. The van der Waals surface area contributed by atoms with Gasteiger partial charge in [-0.2, -0.15) is 5.10 Å². The minimum absolute atomic E-state index is 0.350. The van der Waals surface area contributed by atoms with Gasteiger partial charge in [-0.1, -0.05) is 44.5 Å². The van der Waals surface area contributed by atoms with Crippen molar-refractivity contribution in [3.63, 3.8) is 0 Å². The molecule has 1 heterocycles. The van der Waals surface area contributed by atoms with Crippen LogP contribution in [0.5, 0.6) is 11.6 Å². The SMILES string of the molecule is CCCC(O)CN(CCC)Cc1c(C)nn(-c2ccccc2)c1Oc1cccc(F)c1. The fourth-order valence-corrected chi connectivity index (χ4v) is 3.71. The second-order valence-electron chi connectivity index (χ2n) is 7.85. The van der Waals surface area contributed by atoms with Crippen LogP contribution in [-0.4, -0.2) is 39.0 Å². The Bertz CT molecular complexity index is 959. The van der Waals surface area contributed by atoms with Gasteiger partial charge in [0.2, 0.25) is 5.88 Å². The third-order valence-corrected chi connectivity index (χ3v) is 5.16. The lowest BCUT2D eigenvalue weighted by Gasteiger charge is -2.25. The Balaban J connectivity index is 1.98. The van der Waals surface area contributed by atoms with Crippen molar-refractivity contribution in [3.05, 3.63) is 71.7 Å². The van der Waals surface area contributed by atoms with Gasteiger partial charge in [0.15, 0.2) is 0 Å². The minimum atomic E-state index is -0.367. The summed E-state index contributed by atoms with van der Waals surface area (Å²) in [4.78, 5) is 2.23. The van der Waals surface area contributed by atoms with Crippen LogP contribution in [0.3, 0.4) is 0 Å². The van der Waals surface area contributed by atoms with Crippen LogP contribution in [0.25, 0.3) is 5.69 Å². The minimum Gasteiger partial charge on any atom is -0.438 e. The Hall–Kier alpha value is -2.70. The normalized spacial score (nSPS) is 12.3. The van der Waals surface area contributed by atoms with E-state index in [4.69, 9.17) is 9.84 Å². The number of aliphatic hydroxyl groups excluding tert-OH is 1. The molecule has 1 atom stereocenters. The van der Waals surface area contributed by atoms with E-state index in [2.05, 4.69) is 18.7 Å². The van der Waals surface area contributed by atoms with Crippen molar-refractivity contribution in [2.45, 2.75) is 52.7 Å².